The van der Waals surface area contributed by atoms with Crippen LogP contribution in [0.4, 0.5) is 0 Å². The smallest absolute Gasteiger partial charge is 0.224 e. The molecule has 0 aliphatic rings. The lowest BCUT2D eigenvalue weighted by Gasteiger charge is -2.12. The number of nitrogens with zero attached hydrogens (tertiary/aromatic N) is 2. The average Bonchev–Trinajstić information content (AvgIpc) is 3.02. The Labute approximate surface area is 161 Å². The number of aromatic nitrogens is 2. The fourth-order valence-electron chi connectivity index (χ4n) is 4.75. The number of hydrogen-bond donors (Lipinski definition) is 0. The average molecular weight is 367 g/mol. The van der Waals surface area contributed by atoms with E-state index in [-0.39, 0.29) is 0 Å². The summed E-state index contributed by atoms with van der Waals surface area (Å²) >= 11 is 1.80. The number of aryl methyl sites for hydroxylation is 2. The fraction of sp³-hybridized carbons (Fsp3) is 0.125. The van der Waals surface area contributed by atoms with Gasteiger partial charge in [0.15, 0.2) is 6.20 Å². The van der Waals surface area contributed by atoms with Crippen LogP contribution in [-0.2, 0) is 7.05 Å². The van der Waals surface area contributed by atoms with Gasteiger partial charge in [-0.15, -0.1) is 11.8 Å². The Bertz CT molecular complexity index is 1520. The molecular formula is C24H19N2S+. The molecule has 0 bridgehead atoms. The summed E-state index contributed by atoms with van der Waals surface area (Å²) in [7, 11) is 2.16. The van der Waals surface area contributed by atoms with Gasteiger partial charge in [0.2, 0.25) is 5.52 Å². The minimum Gasteiger partial charge on any atom is -0.307 e. The molecule has 130 valence electrons. The third-order valence-corrected chi connectivity index (χ3v) is 6.69. The normalized spacial score (nSPS) is 12.4. The van der Waals surface area contributed by atoms with Crippen molar-refractivity contribution in [2.75, 3.05) is 6.26 Å². The topological polar surface area (TPSA) is 8.29 Å². The van der Waals surface area contributed by atoms with Crippen molar-refractivity contribution in [2.45, 2.75) is 11.8 Å². The highest BCUT2D eigenvalue weighted by Gasteiger charge is 2.23. The lowest BCUT2D eigenvalue weighted by atomic mass is 10.00. The molecule has 0 amide bonds. The van der Waals surface area contributed by atoms with E-state index in [4.69, 9.17) is 0 Å². The van der Waals surface area contributed by atoms with Crippen molar-refractivity contribution in [3.8, 4) is 0 Å². The first-order chi connectivity index (χ1) is 13.2. The second-order valence-corrected chi connectivity index (χ2v) is 8.27. The van der Waals surface area contributed by atoms with Crippen LogP contribution < -0.4 is 4.57 Å². The molecule has 0 radical (unpaired) electrons. The molecule has 0 aliphatic carbocycles. The van der Waals surface area contributed by atoms with Gasteiger partial charge in [-0.1, -0.05) is 24.3 Å². The predicted octanol–water partition coefficient (Wildman–Crippen LogP) is 5.84. The van der Waals surface area contributed by atoms with Crippen molar-refractivity contribution in [1.29, 1.82) is 0 Å². The Morgan fingerprint density at radius 1 is 0.889 bits per heavy atom. The summed E-state index contributed by atoms with van der Waals surface area (Å²) in [6, 6.07) is 20.3. The van der Waals surface area contributed by atoms with Crippen molar-refractivity contribution >= 4 is 60.8 Å². The van der Waals surface area contributed by atoms with Crippen LogP contribution in [-0.4, -0.2) is 10.7 Å². The lowest BCUT2D eigenvalue weighted by Crippen LogP contribution is -2.28. The molecule has 3 aromatic carbocycles. The van der Waals surface area contributed by atoms with Crippen molar-refractivity contribution in [1.82, 2.24) is 4.40 Å². The molecule has 0 saturated heterocycles. The monoisotopic (exact) mass is 367 g/mol. The van der Waals surface area contributed by atoms with Gasteiger partial charge in [0.25, 0.3) is 0 Å². The van der Waals surface area contributed by atoms with Crippen LogP contribution in [0, 0.1) is 6.92 Å². The number of thioether (sulfide) groups is 1. The van der Waals surface area contributed by atoms with Gasteiger partial charge in [0.1, 0.15) is 7.05 Å². The Kier molecular flexibility index (Phi) is 2.91. The number of hydrogen-bond acceptors (Lipinski definition) is 1. The first kappa shape index (κ1) is 15.3. The first-order valence-corrected chi connectivity index (χ1v) is 10.5. The van der Waals surface area contributed by atoms with E-state index in [9.17, 15) is 0 Å². The predicted molar refractivity (Wildman–Crippen MR) is 116 cm³/mol. The molecule has 0 saturated carbocycles. The highest BCUT2D eigenvalue weighted by Crippen LogP contribution is 2.41. The van der Waals surface area contributed by atoms with Crippen molar-refractivity contribution in [3.63, 3.8) is 0 Å². The van der Waals surface area contributed by atoms with E-state index in [1.54, 1.807) is 11.8 Å². The van der Waals surface area contributed by atoms with Gasteiger partial charge in [-0.25, -0.2) is 4.57 Å². The molecule has 3 heterocycles. The van der Waals surface area contributed by atoms with E-state index in [0.717, 1.165) is 0 Å². The van der Waals surface area contributed by atoms with Crippen LogP contribution in [0.1, 0.15) is 5.56 Å². The highest BCUT2D eigenvalue weighted by atomic mass is 32.2. The van der Waals surface area contributed by atoms with Gasteiger partial charge in [0.05, 0.1) is 27.3 Å². The summed E-state index contributed by atoms with van der Waals surface area (Å²) in [6.45, 7) is 2.23. The van der Waals surface area contributed by atoms with Crippen LogP contribution in [0.25, 0.3) is 49.0 Å². The lowest BCUT2D eigenvalue weighted by molar-refractivity contribution is -0.643. The van der Waals surface area contributed by atoms with Crippen LogP contribution in [0.15, 0.2) is 65.7 Å². The molecular weight excluding hydrogens is 348 g/mol. The number of pyridine rings is 2. The maximum absolute atomic E-state index is 2.48. The van der Waals surface area contributed by atoms with E-state index >= 15 is 0 Å². The molecule has 3 aromatic heterocycles. The van der Waals surface area contributed by atoms with Crippen molar-refractivity contribution in [2.24, 2.45) is 7.05 Å². The van der Waals surface area contributed by atoms with Gasteiger partial charge in [-0.05, 0) is 48.4 Å². The Hall–Kier alpha value is -2.78. The van der Waals surface area contributed by atoms with Gasteiger partial charge >= 0.3 is 0 Å². The maximum atomic E-state index is 2.48. The van der Waals surface area contributed by atoms with Gasteiger partial charge in [-0.2, -0.15) is 0 Å². The van der Waals surface area contributed by atoms with Crippen molar-refractivity contribution in [3.05, 3.63) is 66.4 Å². The summed E-state index contributed by atoms with van der Waals surface area (Å²) in [4.78, 5) is 1.31. The molecule has 0 unspecified atom stereocenters. The maximum Gasteiger partial charge on any atom is 0.224 e. The summed E-state index contributed by atoms with van der Waals surface area (Å²) < 4.78 is 4.76. The molecule has 0 fully saturated rings. The molecule has 6 aromatic rings. The van der Waals surface area contributed by atoms with Crippen molar-refractivity contribution < 1.29 is 4.57 Å². The second kappa shape index (κ2) is 5.14. The summed E-state index contributed by atoms with van der Waals surface area (Å²) in [5.41, 5.74) is 6.57. The zero-order valence-electron chi connectivity index (χ0n) is 15.6. The molecule has 0 aliphatic heterocycles. The van der Waals surface area contributed by atoms with Crippen LogP contribution >= 0.6 is 11.8 Å². The summed E-state index contributed by atoms with van der Waals surface area (Å²) in [6.07, 6.45) is 4.33. The van der Waals surface area contributed by atoms with Gasteiger partial charge in [0, 0.05) is 21.7 Å². The third-order valence-electron chi connectivity index (χ3n) is 5.96. The molecule has 6 rings (SSSR count). The van der Waals surface area contributed by atoms with Crippen LogP contribution in [0.5, 0.6) is 0 Å². The van der Waals surface area contributed by atoms with Crippen LogP contribution in [0.2, 0.25) is 0 Å². The summed E-state index contributed by atoms with van der Waals surface area (Å²) in [5, 5.41) is 6.68. The first-order valence-electron chi connectivity index (χ1n) is 9.23. The molecule has 0 atom stereocenters. The van der Waals surface area contributed by atoms with E-state index < -0.39 is 0 Å². The molecule has 3 heteroatoms. The Balaban J connectivity index is 2.09. The SMILES string of the molecule is CSc1ccc2c(c1)c1ccc(C)c3c1n2c1cccc2cc[n+](C)c3c21. The molecule has 2 nitrogen and oxygen atoms in total. The fourth-order valence-corrected chi connectivity index (χ4v) is 5.19. The van der Waals surface area contributed by atoms with Gasteiger partial charge < -0.3 is 4.40 Å². The quantitative estimate of drug-likeness (QED) is 0.153. The highest BCUT2D eigenvalue weighted by molar-refractivity contribution is 7.98. The van der Waals surface area contributed by atoms with E-state index in [2.05, 4.69) is 90.0 Å². The zero-order chi connectivity index (χ0) is 18.3. The Morgan fingerprint density at radius 3 is 2.63 bits per heavy atom. The second-order valence-electron chi connectivity index (χ2n) is 7.39. The van der Waals surface area contributed by atoms with Gasteiger partial charge in [-0.3, -0.25) is 0 Å². The minimum absolute atomic E-state index is 1.29. The summed E-state index contributed by atoms with van der Waals surface area (Å²) in [5.74, 6) is 0. The number of rotatable bonds is 1. The minimum atomic E-state index is 1.29. The standard InChI is InChI=1S/C24H19N2S/c1-14-7-9-17-18-13-16(27-3)8-10-19(18)26-20-6-4-5-15-11-12-25(2)24(22(15)20)21(14)23(17)26/h4-13H,1-3H3/q+1. The largest absolute Gasteiger partial charge is 0.307 e. The number of benzene rings is 3. The van der Waals surface area contributed by atoms with E-state index in [1.165, 1.54) is 59.5 Å². The van der Waals surface area contributed by atoms with Crippen LogP contribution in [0.3, 0.4) is 0 Å². The third kappa shape index (κ3) is 1.80. The van der Waals surface area contributed by atoms with E-state index in [1.807, 2.05) is 0 Å². The van der Waals surface area contributed by atoms with E-state index in [0.29, 0.717) is 0 Å². The number of fused-ring (bicyclic) bond motifs is 5. The Morgan fingerprint density at radius 2 is 1.78 bits per heavy atom. The molecule has 27 heavy (non-hydrogen) atoms. The zero-order valence-corrected chi connectivity index (χ0v) is 16.4. The molecule has 0 spiro atoms. The molecule has 0 N–H and O–H groups in total.